The number of benzene rings is 2. The second kappa shape index (κ2) is 8.37. The van der Waals surface area contributed by atoms with E-state index in [1.165, 1.54) is 19.4 Å². The van der Waals surface area contributed by atoms with Gasteiger partial charge >= 0.3 is 0 Å². The van der Waals surface area contributed by atoms with Gasteiger partial charge in [-0.3, -0.25) is 4.79 Å². The minimum absolute atomic E-state index is 0.150. The van der Waals surface area contributed by atoms with Gasteiger partial charge in [0.05, 0.1) is 21.3 Å². The number of methoxy groups -OCH3 is 3. The van der Waals surface area contributed by atoms with Gasteiger partial charge in [0, 0.05) is 37.6 Å². The predicted molar refractivity (Wildman–Crippen MR) is 117 cm³/mol. The van der Waals surface area contributed by atoms with Gasteiger partial charge in [-0.1, -0.05) is 0 Å². The van der Waals surface area contributed by atoms with Gasteiger partial charge in [-0.25, -0.2) is 0 Å². The summed E-state index contributed by atoms with van der Waals surface area (Å²) in [5, 5.41) is 0.324. The predicted octanol–water partition coefficient (Wildman–Crippen LogP) is 4.49. The molecular weight excluding hydrogens is 416 g/mol. The molecular formula is C24H24O8. The number of fused-ring (bicyclic) bond motifs is 1. The van der Waals surface area contributed by atoms with E-state index in [0.29, 0.717) is 51.1 Å². The van der Waals surface area contributed by atoms with Gasteiger partial charge in [-0.15, -0.1) is 0 Å². The standard InChI is InChI=1S/C24H24O8/c1-24(2)30-13-16(32-24)12-29-15-9-21(28-5)23-17(25)11-19(31-22(23)10-15)14-6-7-18(26-3)20(8-14)27-4/h6-11,13H,12H2,1-5H3. The first-order valence-corrected chi connectivity index (χ1v) is 9.90. The third-order valence-electron chi connectivity index (χ3n) is 4.89. The van der Waals surface area contributed by atoms with E-state index in [2.05, 4.69) is 0 Å². The van der Waals surface area contributed by atoms with Crippen molar-refractivity contribution in [2.75, 3.05) is 27.9 Å². The van der Waals surface area contributed by atoms with Crippen molar-refractivity contribution in [3.8, 4) is 34.3 Å². The Balaban J connectivity index is 1.71. The van der Waals surface area contributed by atoms with Crippen molar-refractivity contribution in [2.45, 2.75) is 19.6 Å². The molecule has 0 N–H and O–H groups in total. The highest BCUT2D eigenvalue weighted by Gasteiger charge is 2.27. The minimum atomic E-state index is -0.721. The van der Waals surface area contributed by atoms with Crippen LogP contribution in [0.3, 0.4) is 0 Å². The van der Waals surface area contributed by atoms with Crippen LogP contribution in [0.4, 0.5) is 0 Å². The molecule has 0 saturated heterocycles. The lowest BCUT2D eigenvalue weighted by molar-refractivity contribution is -0.119. The maximum absolute atomic E-state index is 12.9. The van der Waals surface area contributed by atoms with E-state index in [9.17, 15) is 4.79 Å². The van der Waals surface area contributed by atoms with Crippen LogP contribution in [0.25, 0.3) is 22.3 Å². The Labute approximate surface area is 184 Å². The van der Waals surface area contributed by atoms with Crippen LogP contribution in [0.1, 0.15) is 13.8 Å². The fourth-order valence-corrected chi connectivity index (χ4v) is 3.39. The number of rotatable bonds is 7. The summed E-state index contributed by atoms with van der Waals surface area (Å²) < 4.78 is 39.0. The molecule has 8 heteroatoms. The van der Waals surface area contributed by atoms with Crippen molar-refractivity contribution in [1.29, 1.82) is 0 Å². The first-order chi connectivity index (χ1) is 15.3. The first-order valence-electron chi connectivity index (χ1n) is 9.90. The topological polar surface area (TPSA) is 85.6 Å². The Morgan fingerprint density at radius 2 is 1.66 bits per heavy atom. The molecule has 0 bridgehead atoms. The van der Waals surface area contributed by atoms with Gasteiger partial charge in [-0.2, -0.15) is 0 Å². The summed E-state index contributed by atoms with van der Waals surface area (Å²) >= 11 is 0. The van der Waals surface area contributed by atoms with Crippen molar-refractivity contribution < 1.29 is 32.8 Å². The van der Waals surface area contributed by atoms with Crippen molar-refractivity contribution in [2.24, 2.45) is 0 Å². The van der Waals surface area contributed by atoms with Crippen LogP contribution in [0, 0.1) is 0 Å². The molecule has 0 fully saturated rings. The van der Waals surface area contributed by atoms with E-state index < -0.39 is 5.79 Å². The molecule has 3 aromatic rings. The van der Waals surface area contributed by atoms with Crippen molar-refractivity contribution >= 4 is 11.0 Å². The highest BCUT2D eigenvalue weighted by Crippen LogP contribution is 2.35. The zero-order valence-electron chi connectivity index (χ0n) is 18.5. The summed E-state index contributed by atoms with van der Waals surface area (Å²) in [5.41, 5.74) is 0.752. The highest BCUT2D eigenvalue weighted by atomic mass is 16.7. The highest BCUT2D eigenvalue weighted by molar-refractivity contribution is 5.86. The summed E-state index contributed by atoms with van der Waals surface area (Å²) in [6, 6.07) is 9.98. The zero-order valence-corrected chi connectivity index (χ0v) is 18.5. The molecule has 4 rings (SSSR count). The third kappa shape index (κ3) is 4.16. The van der Waals surface area contributed by atoms with E-state index in [1.807, 2.05) is 0 Å². The Kier molecular flexibility index (Phi) is 5.61. The van der Waals surface area contributed by atoms with Crippen LogP contribution < -0.4 is 24.4 Å². The Morgan fingerprint density at radius 3 is 2.31 bits per heavy atom. The third-order valence-corrected chi connectivity index (χ3v) is 4.89. The van der Waals surface area contributed by atoms with Gasteiger partial charge in [0.1, 0.15) is 41.1 Å². The molecule has 1 aliphatic rings. The van der Waals surface area contributed by atoms with E-state index in [4.69, 9.17) is 32.8 Å². The normalized spacial score (nSPS) is 14.3. The maximum atomic E-state index is 12.9. The largest absolute Gasteiger partial charge is 0.496 e. The van der Waals surface area contributed by atoms with Gasteiger partial charge in [0.2, 0.25) is 5.79 Å². The van der Waals surface area contributed by atoms with Crippen LogP contribution in [0.2, 0.25) is 0 Å². The molecule has 0 radical (unpaired) electrons. The van der Waals surface area contributed by atoms with E-state index in [0.717, 1.165) is 0 Å². The summed E-state index contributed by atoms with van der Waals surface area (Å²) in [6.45, 7) is 3.76. The quantitative estimate of drug-likeness (QED) is 0.531. The molecule has 0 atom stereocenters. The smallest absolute Gasteiger partial charge is 0.244 e. The van der Waals surface area contributed by atoms with E-state index in [1.54, 1.807) is 58.4 Å². The number of ether oxygens (including phenoxy) is 6. The second-order valence-corrected chi connectivity index (χ2v) is 7.54. The molecule has 8 nitrogen and oxygen atoms in total. The average Bonchev–Trinajstić information content (AvgIpc) is 3.14. The monoisotopic (exact) mass is 440 g/mol. The van der Waals surface area contributed by atoms with Crippen LogP contribution in [-0.4, -0.2) is 33.7 Å². The molecule has 0 amide bonds. The SMILES string of the molecule is COc1ccc(-c2cc(=O)c3c(OC)cc(OCC4=COC(C)(C)O4)cc3o2)cc1OC. The molecule has 2 aromatic carbocycles. The Hall–Kier alpha value is -3.81. The summed E-state index contributed by atoms with van der Waals surface area (Å²) in [7, 11) is 4.59. The van der Waals surface area contributed by atoms with Crippen LogP contribution in [0.15, 0.2) is 57.6 Å². The van der Waals surface area contributed by atoms with Crippen molar-refractivity contribution in [3.05, 3.63) is 58.6 Å². The molecule has 168 valence electrons. The van der Waals surface area contributed by atoms with Crippen LogP contribution >= 0.6 is 0 Å². The van der Waals surface area contributed by atoms with Crippen molar-refractivity contribution in [3.63, 3.8) is 0 Å². The fraction of sp³-hybridized carbons (Fsp3) is 0.292. The zero-order chi connectivity index (χ0) is 22.9. The lowest BCUT2D eigenvalue weighted by Gasteiger charge is -2.18. The second-order valence-electron chi connectivity index (χ2n) is 7.54. The summed E-state index contributed by atoms with van der Waals surface area (Å²) in [5.74, 6) is 2.11. The van der Waals surface area contributed by atoms with E-state index in [-0.39, 0.29) is 12.0 Å². The summed E-state index contributed by atoms with van der Waals surface area (Å²) in [6.07, 6.45) is 1.52. The Bertz CT molecular complexity index is 1240. The molecule has 0 saturated carbocycles. The van der Waals surface area contributed by atoms with Crippen LogP contribution in [-0.2, 0) is 9.47 Å². The molecule has 0 spiro atoms. The molecule has 1 aliphatic heterocycles. The maximum Gasteiger partial charge on any atom is 0.244 e. The first kappa shape index (κ1) is 21.4. The fourth-order valence-electron chi connectivity index (χ4n) is 3.39. The Morgan fingerprint density at radius 1 is 0.906 bits per heavy atom. The number of hydrogen-bond donors (Lipinski definition) is 0. The molecule has 0 unspecified atom stereocenters. The van der Waals surface area contributed by atoms with Crippen LogP contribution in [0.5, 0.6) is 23.0 Å². The molecule has 32 heavy (non-hydrogen) atoms. The minimum Gasteiger partial charge on any atom is -0.496 e. The molecule has 0 aliphatic carbocycles. The number of hydrogen-bond acceptors (Lipinski definition) is 8. The van der Waals surface area contributed by atoms with Gasteiger partial charge in [0.15, 0.2) is 22.7 Å². The lowest BCUT2D eigenvalue weighted by atomic mass is 10.1. The van der Waals surface area contributed by atoms with Gasteiger partial charge in [0.25, 0.3) is 0 Å². The average molecular weight is 440 g/mol. The molecule has 2 heterocycles. The lowest BCUT2D eigenvalue weighted by Crippen LogP contribution is -2.21. The summed E-state index contributed by atoms with van der Waals surface area (Å²) in [4.78, 5) is 12.9. The molecule has 1 aromatic heterocycles. The van der Waals surface area contributed by atoms with Gasteiger partial charge in [-0.05, 0) is 18.2 Å². The van der Waals surface area contributed by atoms with Crippen molar-refractivity contribution in [1.82, 2.24) is 0 Å². The van der Waals surface area contributed by atoms with E-state index >= 15 is 0 Å². The van der Waals surface area contributed by atoms with Gasteiger partial charge < -0.3 is 32.8 Å².